The van der Waals surface area contributed by atoms with Crippen LogP contribution in [-0.2, 0) is 15.7 Å². The maximum Gasteiger partial charge on any atom is 0.471 e. The molecule has 3 unspecified atom stereocenters. The van der Waals surface area contributed by atoms with E-state index in [-0.39, 0.29) is 11.4 Å². The minimum atomic E-state index is -0.751. The van der Waals surface area contributed by atoms with E-state index in [9.17, 15) is 9.59 Å². The first kappa shape index (κ1) is 24.0. The molecule has 3 aromatic rings. The molecule has 1 fully saturated rings. The minimum Gasteiger partial charge on any atom is -0.403 e. The summed E-state index contributed by atoms with van der Waals surface area (Å²) in [5, 5.41) is -0.751. The summed E-state index contributed by atoms with van der Waals surface area (Å²) in [4.78, 5) is 27.6. The molecule has 2 aromatic carbocycles. The lowest BCUT2D eigenvalue weighted by atomic mass is 9.45. The third-order valence-electron chi connectivity index (χ3n) is 8.85. The topological polar surface area (TPSA) is 67.4 Å². The summed E-state index contributed by atoms with van der Waals surface area (Å²) < 4.78 is 17.7. The van der Waals surface area contributed by atoms with Gasteiger partial charge in [-0.2, -0.15) is 0 Å². The first-order valence-electron chi connectivity index (χ1n) is 12.9. The minimum absolute atomic E-state index is 0.372. The molecule has 8 heteroatoms. The highest BCUT2D eigenvalue weighted by Crippen LogP contribution is 2.63. The van der Waals surface area contributed by atoms with Crippen molar-refractivity contribution in [2.45, 2.75) is 69.1 Å². The van der Waals surface area contributed by atoms with Gasteiger partial charge in [-0.05, 0) is 63.8 Å². The molecule has 0 amide bonds. The van der Waals surface area contributed by atoms with Gasteiger partial charge in [0.2, 0.25) is 0 Å². The fourth-order valence-corrected chi connectivity index (χ4v) is 6.03. The molecule has 0 N–H and O–H groups in total. The van der Waals surface area contributed by atoms with Crippen molar-refractivity contribution in [1.29, 1.82) is 0 Å². The highest BCUT2D eigenvalue weighted by Gasteiger charge is 2.66. The molecule has 1 saturated heterocycles. The molecule has 2 bridgehead atoms. The number of rotatable bonds is 5. The van der Waals surface area contributed by atoms with Gasteiger partial charge in [-0.15, -0.1) is 0 Å². The largest absolute Gasteiger partial charge is 0.471 e. The lowest BCUT2D eigenvalue weighted by molar-refractivity contribution is 0.00578. The molecule has 190 valence electrons. The fourth-order valence-electron chi connectivity index (χ4n) is 6.03. The second-order valence-electron chi connectivity index (χ2n) is 11.3. The predicted molar refractivity (Wildman–Crippen MR) is 144 cm³/mol. The second-order valence-corrected chi connectivity index (χ2v) is 11.3. The van der Waals surface area contributed by atoms with Crippen molar-refractivity contribution >= 4 is 7.12 Å². The van der Waals surface area contributed by atoms with E-state index in [2.05, 4.69) is 18.7 Å². The molecule has 0 radical (unpaired) electrons. The van der Waals surface area contributed by atoms with E-state index < -0.39 is 35.7 Å². The molecule has 3 aliphatic heterocycles. The third-order valence-corrected chi connectivity index (χ3v) is 8.85. The lowest BCUT2D eigenvalue weighted by Gasteiger charge is -2.51. The van der Waals surface area contributed by atoms with Gasteiger partial charge < -0.3 is 9.31 Å². The number of aromatic nitrogens is 3. The average Bonchev–Trinajstić information content (AvgIpc) is 3.28. The van der Waals surface area contributed by atoms with Crippen molar-refractivity contribution in [1.82, 2.24) is 13.9 Å². The summed E-state index contributed by atoms with van der Waals surface area (Å²) in [5.74, 6) is 0. The number of nitrogens with zero attached hydrogens (tertiary/aromatic N) is 3. The van der Waals surface area contributed by atoms with Crippen LogP contribution in [0.1, 0.15) is 51.8 Å². The quantitative estimate of drug-likeness (QED) is 0.385. The number of aryl methyl sites for hydroxylation is 1. The van der Waals surface area contributed by atoms with Crippen LogP contribution in [0.25, 0.3) is 5.69 Å². The highest BCUT2D eigenvalue weighted by molar-refractivity contribution is 6.51. The summed E-state index contributed by atoms with van der Waals surface area (Å²) in [6, 6.07) is 18.3. The Bertz CT molecular complexity index is 1500. The van der Waals surface area contributed by atoms with Crippen LogP contribution in [0.15, 0.2) is 94.6 Å². The summed E-state index contributed by atoms with van der Waals surface area (Å²) in [6.45, 7) is 12.7. The zero-order chi connectivity index (χ0) is 26.2. The molecule has 7 rings (SSSR count). The lowest BCUT2D eigenvalue weighted by Crippen LogP contribution is -2.54. The molecular weight excluding hydrogens is 465 g/mol. The predicted octanol–water partition coefficient (Wildman–Crippen LogP) is 4.49. The van der Waals surface area contributed by atoms with E-state index in [1.807, 2.05) is 76.2 Å². The molecule has 1 aliphatic carbocycles. The summed E-state index contributed by atoms with van der Waals surface area (Å²) in [5.41, 5.74) is 0.704. The molecule has 0 spiro atoms. The second kappa shape index (κ2) is 8.07. The van der Waals surface area contributed by atoms with E-state index in [0.29, 0.717) is 12.1 Å². The first-order chi connectivity index (χ1) is 17.6. The molecule has 7 nitrogen and oxygen atoms in total. The van der Waals surface area contributed by atoms with Crippen LogP contribution in [0.2, 0.25) is 5.31 Å². The first-order valence-corrected chi connectivity index (χ1v) is 12.9. The Balaban J connectivity index is 1.54. The van der Waals surface area contributed by atoms with Crippen molar-refractivity contribution in [3.8, 4) is 5.69 Å². The van der Waals surface area contributed by atoms with E-state index in [1.165, 1.54) is 10.1 Å². The van der Waals surface area contributed by atoms with Gasteiger partial charge in [0.25, 0.3) is 0 Å². The average molecular weight is 497 g/mol. The van der Waals surface area contributed by atoms with Crippen molar-refractivity contribution < 1.29 is 9.31 Å². The van der Waals surface area contributed by atoms with Crippen LogP contribution >= 0.6 is 0 Å². The monoisotopic (exact) mass is 497 g/mol. The van der Waals surface area contributed by atoms with Crippen molar-refractivity contribution in [3.05, 3.63) is 111 Å². The van der Waals surface area contributed by atoms with E-state index in [0.717, 1.165) is 12.0 Å². The molecule has 4 aliphatic rings. The SMILES string of the molecule is C=C1C2C=CC(n3c(=O)n(-c4ccccc4)c(=O)n32)C1(CCc1ccccc1)B1OC(C)(C)C(C)(C)O1. The van der Waals surface area contributed by atoms with Gasteiger partial charge in [0.05, 0.1) is 34.3 Å². The standard InChI is InChI=1S/C29H32BN3O4/c1-20-23-16-17-24(33-26(35)31(25(34)32(23)33)22-14-10-7-11-15-22)29(20,19-18-21-12-8-6-9-13-21)30-36-27(2,3)28(4,5)37-30/h6-17,23-24H,1,18-19H2,2-5H3. The van der Waals surface area contributed by atoms with Gasteiger partial charge in [0, 0.05) is 0 Å². The molecule has 4 heterocycles. The zero-order valence-electron chi connectivity index (χ0n) is 21.8. The number of para-hydroxylation sites is 1. The highest BCUT2D eigenvalue weighted by atomic mass is 16.7. The Morgan fingerprint density at radius 3 is 2.03 bits per heavy atom. The van der Waals surface area contributed by atoms with Crippen LogP contribution in [-0.4, -0.2) is 32.3 Å². The smallest absolute Gasteiger partial charge is 0.403 e. The maximum atomic E-state index is 13.9. The van der Waals surface area contributed by atoms with Gasteiger partial charge in [-0.1, -0.05) is 67.3 Å². The van der Waals surface area contributed by atoms with Crippen molar-refractivity contribution in [2.24, 2.45) is 0 Å². The molecule has 0 saturated carbocycles. The zero-order valence-corrected chi connectivity index (χ0v) is 21.8. The van der Waals surface area contributed by atoms with E-state index >= 15 is 0 Å². The Hall–Kier alpha value is -3.36. The Morgan fingerprint density at radius 2 is 1.41 bits per heavy atom. The Morgan fingerprint density at radius 1 is 0.838 bits per heavy atom. The van der Waals surface area contributed by atoms with E-state index in [4.69, 9.17) is 9.31 Å². The van der Waals surface area contributed by atoms with Gasteiger partial charge in [0.1, 0.15) is 0 Å². The summed E-state index contributed by atoms with van der Waals surface area (Å²) >= 11 is 0. The maximum absolute atomic E-state index is 13.9. The van der Waals surface area contributed by atoms with Crippen molar-refractivity contribution in [2.75, 3.05) is 0 Å². The summed E-state index contributed by atoms with van der Waals surface area (Å²) in [7, 11) is -0.637. The van der Waals surface area contributed by atoms with Gasteiger partial charge in [0.15, 0.2) is 0 Å². The van der Waals surface area contributed by atoms with Crippen LogP contribution in [0, 0.1) is 0 Å². The van der Waals surface area contributed by atoms with Crippen LogP contribution < -0.4 is 11.4 Å². The van der Waals surface area contributed by atoms with Gasteiger partial charge >= 0.3 is 18.5 Å². The van der Waals surface area contributed by atoms with Crippen molar-refractivity contribution in [3.63, 3.8) is 0 Å². The van der Waals surface area contributed by atoms with Crippen LogP contribution in [0.3, 0.4) is 0 Å². The number of hydrogen-bond donors (Lipinski definition) is 0. The number of hydrogen-bond acceptors (Lipinski definition) is 4. The molecule has 37 heavy (non-hydrogen) atoms. The molecule has 1 aromatic heterocycles. The number of allylic oxidation sites excluding steroid dienone is 3. The molecule has 3 atom stereocenters. The Labute approximate surface area is 216 Å². The Kier molecular flexibility index (Phi) is 5.24. The van der Waals surface area contributed by atoms with Crippen LogP contribution in [0.4, 0.5) is 0 Å². The summed E-state index contributed by atoms with van der Waals surface area (Å²) in [6.07, 6.45) is 5.41. The number of fused-ring (bicyclic) bond motifs is 1. The number of benzene rings is 2. The van der Waals surface area contributed by atoms with Crippen LogP contribution in [0.5, 0.6) is 0 Å². The van der Waals surface area contributed by atoms with E-state index in [1.54, 1.807) is 21.5 Å². The third kappa shape index (κ3) is 3.28. The fraction of sp³-hybridized carbons (Fsp3) is 0.379. The van der Waals surface area contributed by atoms with Gasteiger partial charge in [-0.3, -0.25) is 0 Å². The molecular formula is C29H32BN3O4. The van der Waals surface area contributed by atoms with Gasteiger partial charge in [-0.25, -0.2) is 23.5 Å². The normalized spacial score (nSPS) is 27.0.